The Morgan fingerprint density at radius 1 is 1.22 bits per heavy atom. The van der Waals surface area contributed by atoms with E-state index >= 15 is 0 Å². The van der Waals surface area contributed by atoms with Crippen molar-refractivity contribution in [3.05, 3.63) is 5.28 Å². The highest BCUT2D eigenvalue weighted by Crippen LogP contribution is 2.27. The Hall–Kier alpha value is -1.14. The van der Waals surface area contributed by atoms with Gasteiger partial charge in [-0.25, -0.2) is 0 Å². The SMILES string of the molecule is CCCNc1nc(Cl)nc(NCC2CC(O)C2)n1. The summed E-state index contributed by atoms with van der Waals surface area (Å²) in [5, 5.41) is 15.6. The van der Waals surface area contributed by atoms with Crippen LogP contribution in [-0.2, 0) is 0 Å². The third-order valence-corrected chi connectivity index (χ3v) is 3.07. The van der Waals surface area contributed by atoms with Crippen LogP contribution in [0, 0.1) is 5.92 Å². The Morgan fingerprint density at radius 2 is 1.89 bits per heavy atom. The maximum absolute atomic E-state index is 9.20. The molecule has 1 aliphatic rings. The van der Waals surface area contributed by atoms with Crippen LogP contribution in [0.2, 0.25) is 5.28 Å². The summed E-state index contributed by atoms with van der Waals surface area (Å²) in [5.41, 5.74) is 0. The number of anilines is 2. The molecule has 0 bridgehead atoms. The van der Waals surface area contributed by atoms with Crippen molar-refractivity contribution >= 4 is 23.5 Å². The maximum atomic E-state index is 9.20. The Morgan fingerprint density at radius 3 is 2.50 bits per heavy atom. The number of aromatic nitrogens is 3. The summed E-state index contributed by atoms with van der Waals surface area (Å²) >= 11 is 5.83. The summed E-state index contributed by atoms with van der Waals surface area (Å²) in [6, 6.07) is 0. The molecule has 3 N–H and O–H groups in total. The molecule has 0 radical (unpaired) electrons. The van der Waals surface area contributed by atoms with Crippen LogP contribution in [0.1, 0.15) is 26.2 Å². The van der Waals surface area contributed by atoms with Gasteiger partial charge in [-0.15, -0.1) is 0 Å². The van der Waals surface area contributed by atoms with Crippen LogP contribution in [0.25, 0.3) is 0 Å². The zero-order chi connectivity index (χ0) is 13.0. The fourth-order valence-electron chi connectivity index (χ4n) is 1.85. The molecular formula is C11H18ClN5O. The van der Waals surface area contributed by atoms with Gasteiger partial charge in [0.15, 0.2) is 0 Å². The Kier molecular flexibility index (Phi) is 4.54. The standard InChI is InChI=1S/C11H18ClN5O/c1-2-3-13-10-15-9(12)16-11(17-10)14-6-7-4-8(18)5-7/h7-8,18H,2-6H2,1H3,(H2,13,14,15,16,17). The van der Waals surface area contributed by atoms with Crippen LogP contribution in [0.15, 0.2) is 0 Å². The van der Waals surface area contributed by atoms with E-state index in [9.17, 15) is 5.11 Å². The predicted octanol–water partition coefficient (Wildman–Crippen LogP) is 1.53. The van der Waals surface area contributed by atoms with Crippen molar-refractivity contribution < 1.29 is 5.11 Å². The van der Waals surface area contributed by atoms with Gasteiger partial charge in [-0.1, -0.05) is 6.92 Å². The Bertz CT molecular complexity index is 397. The number of rotatable bonds is 6. The minimum atomic E-state index is -0.138. The van der Waals surface area contributed by atoms with Crippen molar-refractivity contribution in [2.75, 3.05) is 23.7 Å². The highest BCUT2D eigenvalue weighted by Gasteiger charge is 2.26. The van der Waals surface area contributed by atoms with E-state index in [0.717, 1.165) is 32.4 Å². The number of halogens is 1. The van der Waals surface area contributed by atoms with Crippen LogP contribution in [0.4, 0.5) is 11.9 Å². The number of hydrogen-bond acceptors (Lipinski definition) is 6. The Balaban J connectivity index is 1.88. The van der Waals surface area contributed by atoms with Gasteiger partial charge in [0.25, 0.3) is 0 Å². The van der Waals surface area contributed by atoms with Crippen molar-refractivity contribution in [1.29, 1.82) is 0 Å². The smallest absolute Gasteiger partial charge is 0.228 e. The molecule has 0 atom stereocenters. The summed E-state index contributed by atoms with van der Waals surface area (Å²) in [6.07, 6.45) is 2.53. The lowest BCUT2D eigenvalue weighted by molar-refractivity contribution is 0.0486. The van der Waals surface area contributed by atoms with Crippen LogP contribution in [-0.4, -0.2) is 39.3 Å². The number of hydrogen-bond donors (Lipinski definition) is 3. The maximum Gasteiger partial charge on any atom is 0.228 e. The normalized spacial score (nSPS) is 22.4. The van der Waals surface area contributed by atoms with E-state index in [1.807, 2.05) is 0 Å². The molecule has 0 aromatic carbocycles. The molecule has 1 fully saturated rings. The second-order valence-corrected chi connectivity index (χ2v) is 4.89. The zero-order valence-electron chi connectivity index (χ0n) is 10.4. The lowest BCUT2D eigenvalue weighted by Gasteiger charge is -2.31. The van der Waals surface area contributed by atoms with E-state index in [1.165, 1.54) is 0 Å². The van der Waals surface area contributed by atoms with Crippen LogP contribution in [0.3, 0.4) is 0 Å². The highest BCUT2D eigenvalue weighted by atomic mass is 35.5. The molecule has 2 rings (SSSR count). The van der Waals surface area contributed by atoms with Gasteiger partial charge in [0.1, 0.15) is 0 Å². The van der Waals surface area contributed by atoms with E-state index < -0.39 is 0 Å². The highest BCUT2D eigenvalue weighted by molar-refractivity contribution is 6.28. The van der Waals surface area contributed by atoms with Crippen LogP contribution >= 0.6 is 11.6 Å². The largest absolute Gasteiger partial charge is 0.393 e. The molecule has 100 valence electrons. The fourth-order valence-corrected chi connectivity index (χ4v) is 2.01. The zero-order valence-corrected chi connectivity index (χ0v) is 11.1. The van der Waals surface area contributed by atoms with E-state index in [0.29, 0.717) is 17.8 Å². The molecular weight excluding hydrogens is 254 g/mol. The van der Waals surface area contributed by atoms with Gasteiger partial charge < -0.3 is 15.7 Å². The first kappa shape index (κ1) is 13.3. The summed E-state index contributed by atoms with van der Waals surface area (Å²) in [7, 11) is 0. The summed E-state index contributed by atoms with van der Waals surface area (Å²) in [4.78, 5) is 12.2. The molecule has 1 heterocycles. The fraction of sp³-hybridized carbons (Fsp3) is 0.727. The van der Waals surface area contributed by atoms with E-state index in [4.69, 9.17) is 11.6 Å². The molecule has 1 saturated carbocycles. The lowest BCUT2D eigenvalue weighted by atomic mass is 9.82. The van der Waals surface area contributed by atoms with Crippen molar-refractivity contribution in [3.8, 4) is 0 Å². The first-order chi connectivity index (χ1) is 8.67. The van der Waals surface area contributed by atoms with Crippen molar-refractivity contribution in [2.45, 2.75) is 32.3 Å². The van der Waals surface area contributed by atoms with Gasteiger partial charge in [0.2, 0.25) is 17.2 Å². The number of aliphatic hydroxyl groups excluding tert-OH is 1. The second kappa shape index (κ2) is 6.15. The molecule has 6 nitrogen and oxygen atoms in total. The Labute approximate surface area is 111 Å². The van der Waals surface area contributed by atoms with E-state index in [2.05, 4.69) is 32.5 Å². The number of aliphatic hydroxyl groups is 1. The minimum absolute atomic E-state index is 0.138. The van der Waals surface area contributed by atoms with Crippen molar-refractivity contribution in [1.82, 2.24) is 15.0 Å². The molecule has 1 aromatic heterocycles. The molecule has 0 aliphatic heterocycles. The number of nitrogens with zero attached hydrogens (tertiary/aromatic N) is 3. The molecule has 0 saturated heterocycles. The van der Waals surface area contributed by atoms with Crippen molar-refractivity contribution in [2.24, 2.45) is 5.92 Å². The van der Waals surface area contributed by atoms with Crippen LogP contribution < -0.4 is 10.6 Å². The summed E-state index contributed by atoms with van der Waals surface area (Å²) in [6.45, 7) is 3.62. The van der Waals surface area contributed by atoms with Crippen molar-refractivity contribution in [3.63, 3.8) is 0 Å². The van der Waals surface area contributed by atoms with Crippen LogP contribution in [0.5, 0.6) is 0 Å². The molecule has 0 amide bonds. The average molecular weight is 272 g/mol. The molecule has 0 spiro atoms. The predicted molar refractivity (Wildman–Crippen MR) is 70.8 cm³/mol. The third kappa shape index (κ3) is 3.68. The minimum Gasteiger partial charge on any atom is -0.393 e. The lowest BCUT2D eigenvalue weighted by Crippen LogP contribution is -2.33. The molecule has 1 aromatic rings. The van der Waals surface area contributed by atoms with E-state index in [-0.39, 0.29) is 11.4 Å². The average Bonchev–Trinajstić information content (AvgIpc) is 2.30. The first-order valence-corrected chi connectivity index (χ1v) is 6.62. The molecule has 0 unspecified atom stereocenters. The quantitative estimate of drug-likeness (QED) is 0.728. The second-order valence-electron chi connectivity index (χ2n) is 4.55. The van der Waals surface area contributed by atoms with Gasteiger partial charge in [0.05, 0.1) is 6.10 Å². The van der Waals surface area contributed by atoms with Gasteiger partial charge >= 0.3 is 0 Å². The number of nitrogens with one attached hydrogen (secondary N) is 2. The molecule has 7 heteroatoms. The monoisotopic (exact) mass is 271 g/mol. The van der Waals surface area contributed by atoms with Gasteiger partial charge in [-0.3, -0.25) is 0 Å². The molecule has 1 aliphatic carbocycles. The summed E-state index contributed by atoms with van der Waals surface area (Å²) in [5.74, 6) is 1.46. The summed E-state index contributed by atoms with van der Waals surface area (Å²) < 4.78 is 0. The topological polar surface area (TPSA) is 83.0 Å². The first-order valence-electron chi connectivity index (χ1n) is 6.24. The van der Waals surface area contributed by atoms with Gasteiger partial charge in [-0.2, -0.15) is 15.0 Å². The van der Waals surface area contributed by atoms with Gasteiger partial charge in [-0.05, 0) is 36.8 Å². The van der Waals surface area contributed by atoms with E-state index in [1.54, 1.807) is 0 Å². The van der Waals surface area contributed by atoms with Gasteiger partial charge in [0, 0.05) is 13.1 Å². The molecule has 18 heavy (non-hydrogen) atoms. The third-order valence-electron chi connectivity index (χ3n) is 2.90.